The molecular formula is C14H21NO3. The Labute approximate surface area is 108 Å². The molecule has 100 valence electrons. The molecule has 0 heterocycles. The molecule has 0 atom stereocenters. The second-order valence-electron chi connectivity index (χ2n) is 5.03. The summed E-state index contributed by atoms with van der Waals surface area (Å²) >= 11 is 0. The summed E-state index contributed by atoms with van der Waals surface area (Å²) in [6.07, 6.45) is 0. The van der Waals surface area contributed by atoms with E-state index in [1.54, 1.807) is 20.9 Å². The number of hydrogen-bond donors (Lipinski definition) is 1. The minimum atomic E-state index is -0.576. The first kappa shape index (κ1) is 14.5. The Bertz CT molecular complexity index is 398. The molecule has 0 aromatic heterocycles. The van der Waals surface area contributed by atoms with Crippen molar-refractivity contribution in [2.45, 2.75) is 26.3 Å². The van der Waals surface area contributed by atoms with Gasteiger partial charge in [0.2, 0.25) is 0 Å². The third kappa shape index (κ3) is 3.74. The predicted molar refractivity (Wildman–Crippen MR) is 70.6 cm³/mol. The van der Waals surface area contributed by atoms with Crippen LogP contribution in [0.1, 0.15) is 19.4 Å². The Kier molecular flexibility index (Phi) is 4.73. The van der Waals surface area contributed by atoms with Gasteiger partial charge >= 0.3 is 0 Å². The SMILES string of the molecule is Cc1ccc(OCC(=O)N(C)C(C)(C)CO)cc1. The largest absolute Gasteiger partial charge is 0.484 e. The van der Waals surface area contributed by atoms with Gasteiger partial charge in [-0.1, -0.05) is 17.7 Å². The number of hydrogen-bond acceptors (Lipinski definition) is 3. The van der Waals surface area contributed by atoms with Crippen molar-refractivity contribution in [3.05, 3.63) is 29.8 Å². The highest BCUT2D eigenvalue weighted by Gasteiger charge is 2.26. The lowest BCUT2D eigenvalue weighted by Crippen LogP contribution is -2.49. The van der Waals surface area contributed by atoms with Gasteiger partial charge in [-0.05, 0) is 32.9 Å². The van der Waals surface area contributed by atoms with Crippen molar-refractivity contribution in [3.8, 4) is 5.75 Å². The van der Waals surface area contributed by atoms with E-state index in [2.05, 4.69) is 0 Å². The molecule has 1 aromatic carbocycles. The average Bonchev–Trinajstić information content (AvgIpc) is 2.36. The van der Waals surface area contributed by atoms with Crippen LogP contribution in [-0.2, 0) is 4.79 Å². The van der Waals surface area contributed by atoms with Crippen LogP contribution in [0.3, 0.4) is 0 Å². The van der Waals surface area contributed by atoms with Crippen LogP contribution < -0.4 is 4.74 Å². The number of ether oxygens (including phenoxy) is 1. The van der Waals surface area contributed by atoms with Gasteiger partial charge in [0.25, 0.3) is 5.91 Å². The molecule has 0 saturated heterocycles. The Morgan fingerprint density at radius 2 is 1.89 bits per heavy atom. The predicted octanol–water partition coefficient (Wildman–Crippen LogP) is 1.60. The molecule has 0 aliphatic carbocycles. The van der Waals surface area contributed by atoms with Crippen molar-refractivity contribution in [1.82, 2.24) is 4.90 Å². The fourth-order valence-electron chi connectivity index (χ4n) is 1.32. The Morgan fingerprint density at radius 1 is 1.33 bits per heavy atom. The summed E-state index contributed by atoms with van der Waals surface area (Å²) < 4.78 is 5.41. The highest BCUT2D eigenvalue weighted by atomic mass is 16.5. The number of aliphatic hydroxyl groups excluding tert-OH is 1. The van der Waals surface area contributed by atoms with Gasteiger partial charge < -0.3 is 14.7 Å². The van der Waals surface area contributed by atoms with Crippen LogP contribution >= 0.6 is 0 Å². The molecule has 0 fully saturated rings. The number of benzene rings is 1. The standard InChI is InChI=1S/C14H21NO3/c1-11-5-7-12(8-6-11)18-9-13(17)15(4)14(2,3)10-16/h5-8,16H,9-10H2,1-4H3. The Balaban J connectivity index is 2.53. The number of carbonyl (C=O) groups is 1. The summed E-state index contributed by atoms with van der Waals surface area (Å²) in [6, 6.07) is 7.53. The molecule has 1 N–H and O–H groups in total. The molecule has 0 spiro atoms. The van der Waals surface area contributed by atoms with E-state index >= 15 is 0 Å². The highest BCUT2D eigenvalue weighted by molar-refractivity contribution is 5.78. The van der Waals surface area contributed by atoms with Crippen molar-refractivity contribution < 1.29 is 14.6 Å². The minimum absolute atomic E-state index is 0.0248. The van der Waals surface area contributed by atoms with Crippen molar-refractivity contribution in [2.75, 3.05) is 20.3 Å². The van der Waals surface area contributed by atoms with E-state index in [1.165, 1.54) is 4.90 Å². The summed E-state index contributed by atoms with van der Waals surface area (Å²) in [5.41, 5.74) is 0.570. The van der Waals surface area contributed by atoms with Gasteiger partial charge in [0.15, 0.2) is 6.61 Å². The second-order valence-corrected chi connectivity index (χ2v) is 5.03. The lowest BCUT2D eigenvalue weighted by molar-refractivity contribution is -0.138. The topological polar surface area (TPSA) is 49.8 Å². The number of nitrogens with zero attached hydrogens (tertiary/aromatic N) is 1. The van der Waals surface area contributed by atoms with E-state index in [0.717, 1.165) is 5.56 Å². The fraction of sp³-hybridized carbons (Fsp3) is 0.500. The maximum atomic E-state index is 11.9. The smallest absolute Gasteiger partial charge is 0.260 e. The van der Waals surface area contributed by atoms with Gasteiger partial charge in [-0.2, -0.15) is 0 Å². The molecule has 4 heteroatoms. The lowest BCUT2D eigenvalue weighted by Gasteiger charge is -2.33. The third-order valence-corrected chi connectivity index (χ3v) is 3.05. The van der Waals surface area contributed by atoms with Crippen molar-refractivity contribution in [3.63, 3.8) is 0 Å². The van der Waals surface area contributed by atoms with E-state index in [-0.39, 0.29) is 19.1 Å². The molecule has 0 aliphatic rings. The molecule has 0 unspecified atom stereocenters. The third-order valence-electron chi connectivity index (χ3n) is 3.05. The van der Waals surface area contributed by atoms with E-state index in [9.17, 15) is 9.90 Å². The van der Waals surface area contributed by atoms with Crippen LogP contribution in [0.2, 0.25) is 0 Å². The van der Waals surface area contributed by atoms with Crippen molar-refractivity contribution in [2.24, 2.45) is 0 Å². The van der Waals surface area contributed by atoms with E-state index in [0.29, 0.717) is 5.75 Å². The maximum absolute atomic E-state index is 11.9. The number of amides is 1. The molecule has 1 amide bonds. The first-order valence-electron chi connectivity index (χ1n) is 5.94. The molecule has 0 radical (unpaired) electrons. The Morgan fingerprint density at radius 3 is 2.39 bits per heavy atom. The summed E-state index contributed by atoms with van der Waals surface area (Å²) in [5.74, 6) is 0.513. The molecule has 1 rings (SSSR count). The van der Waals surface area contributed by atoms with Crippen LogP contribution in [0.4, 0.5) is 0 Å². The maximum Gasteiger partial charge on any atom is 0.260 e. The van der Waals surface area contributed by atoms with Gasteiger partial charge in [0.1, 0.15) is 5.75 Å². The zero-order valence-electron chi connectivity index (χ0n) is 11.4. The second kappa shape index (κ2) is 5.87. The van der Waals surface area contributed by atoms with Gasteiger partial charge in [-0.3, -0.25) is 4.79 Å². The van der Waals surface area contributed by atoms with Gasteiger partial charge in [0.05, 0.1) is 12.1 Å². The average molecular weight is 251 g/mol. The highest BCUT2D eigenvalue weighted by Crippen LogP contribution is 2.14. The lowest BCUT2D eigenvalue weighted by atomic mass is 10.1. The molecule has 1 aromatic rings. The quantitative estimate of drug-likeness (QED) is 0.865. The summed E-state index contributed by atoms with van der Waals surface area (Å²) in [4.78, 5) is 13.4. The summed E-state index contributed by atoms with van der Waals surface area (Å²) in [5, 5.41) is 9.19. The van der Waals surface area contributed by atoms with Gasteiger partial charge in [0, 0.05) is 7.05 Å². The van der Waals surface area contributed by atoms with E-state index in [1.807, 2.05) is 31.2 Å². The van der Waals surface area contributed by atoms with Gasteiger partial charge in [-0.15, -0.1) is 0 Å². The zero-order valence-corrected chi connectivity index (χ0v) is 11.4. The molecule has 0 aliphatic heterocycles. The molecular weight excluding hydrogens is 230 g/mol. The first-order valence-corrected chi connectivity index (χ1v) is 5.94. The minimum Gasteiger partial charge on any atom is -0.484 e. The number of likely N-dealkylation sites (N-methyl/N-ethyl adjacent to an activating group) is 1. The molecule has 0 bridgehead atoms. The number of aliphatic hydroxyl groups is 1. The van der Waals surface area contributed by atoms with E-state index in [4.69, 9.17) is 4.74 Å². The van der Waals surface area contributed by atoms with Crippen LogP contribution in [-0.4, -0.2) is 41.7 Å². The fourth-order valence-corrected chi connectivity index (χ4v) is 1.32. The zero-order chi connectivity index (χ0) is 13.8. The number of carbonyl (C=O) groups excluding carboxylic acids is 1. The Hall–Kier alpha value is -1.55. The molecule has 0 saturated carbocycles. The number of aryl methyl sites for hydroxylation is 1. The van der Waals surface area contributed by atoms with Crippen LogP contribution in [0, 0.1) is 6.92 Å². The summed E-state index contributed by atoms with van der Waals surface area (Å²) in [6.45, 7) is 5.49. The number of rotatable bonds is 5. The monoisotopic (exact) mass is 251 g/mol. The first-order chi connectivity index (χ1) is 8.36. The van der Waals surface area contributed by atoms with Crippen LogP contribution in [0.25, 0.3) is 0 Å². The normalized spacial score (nSPS) is 11.2. The van der Waals surface area contributed by atoms with Gasteiger partial charge in [-0.25, -0.2) is 0 Å². The van der Waals surface area contributed by atoms with E-state index < -0.39 is 5.54 Å². The summed E-state index contributed by atoms with van der Waals surface area (Å²) in [7, 11) is 1.66. The molecule has 4 nitrogen and oxygen atoms in total. The van der Waals surface area contributed by atoms with Crippen molar-refractivity contribution >= 4 is 5.91 Å². The van der Waals surface area contributed by atoms with Crippen LogP contribution in [0.15, 0.2) is 24.3 Å². The van der Waals surface area contributed by atoms with Crippen molar-refractivity contribution in [1.29, 1.82) is 0 Å². The molecule has 18 heavy (non-hydrogen) atoms. The van der Waals surface area contributed by atoms with Crippen LogP contribution in [0.5, 0.6) is 5.75 Å².